The van der Waals surface area contributed by atoms with Crippen LogP contribution < -0.4 is 5.32 Å². The summed E-state index contributed by atoms with van der Waals surface area (Å²) in [5.74, 6) is -0.191. The molecule has 0 radical (unpaired) electrons. The molecule has 19 heavy (non-hydrogen) atoms. The minimum absolute atomic E-state index is 0.191. The molecule has 6 nitrogen and oxygen atoms in total. The Bertz CT molecular complexity index is 579. The predicted molar refractivity (Wildman–Crippen MR) is 71.8 cm³/mol. The fourth-order valence-corrected chi connectivity index (χ4v) is 1.80. The van der Waals surface area contributed by atoms with Gasteiger partial charge in [0.15, 0.2) is 5.65 Å². The second kappa shape index (κ2) is 5.79. The van der Waals surface area contributed by atoms with E-state index in [1.165, 1.54) is 6.20 Å². The average molecular weight is 262 g/mol. The van der Waals surface area contributed by atoms with Gasteiger partial charge in [-0.2, -0.15) is 0 Å². The van der Waals surface area contributed by atoms with E-state index in [1.54, 1.807) is 17.0 Å². The van der Waals surface area contributed by atoms with Gasteiger partial charge in [0.1, 0.15) is 5.52 Å². The second-order valence-electron chi connectivity index (χ2n) is 4.53. The Balaban J connectivity index is 2.01. The molecule has 0 aliphatic heterocycles. The molecule has 0 spiro atoms. The molecule has 0 aromatic carbocycles. The van der Waals surface area contributed by atoms with E-state index < -0.39 is 0 Å². The minimum Gasteiger partial charge on any atom is -0.393 e. The summed E-state index contributed by atoms with van der Waals surface area (Å²) in [7, 11) is 1.86. The van der Waals surface area contributed by atoms with Gasteiger partial charge in [0.25, 0.3) is 5.91 Å². The van der Waals surface area contributed by atoms with Crippen LogP contribution in [0.5, 0.6) is 0 Å². The Kier molecular flexibility index (Phi) is 4.11. The van der Waals surface area contributed by atoms with Gasteiger partial charge in [-0.25, -0.2) is 9.97 Å². The molecule has 0 saturated heterocycles. The quantitative estimate of drug-likeness (QED) is 0.837. The van der Waals surface area contributed by atoms with Crippen molar-refractivity contribution < 1.29 is 9.90 Å². The summed E-state index contributed by atoms with van der Waals surface area (Å²) >= 11 is 0. The number of nitrogens with zero attached hydrogens (tertiary/aromatic N) is 3. The molecule has 6 heteroatoms. The first-order chi connectivity index (χ1) is 9.11. The van der Waals surface area contributed by atoms with Crippen LogP contribution >= 0.6 is 0 Å². The minimum atomic E-state index is -0.364. The van der Waals surface area contributed by atoms with Crippen molar-refractivity contribution in [3.8, 4) is 0 Å². The van der Waals surface area contributed by atoms with E-state index in [0.29, 0.717) is 30.5 Å². The number of amides is 1. The number of hydrogen-bond donors (Lipinski definition) is 2. The molecule has 1 unspecified atom stereocenters. The number of aliphatic hydroxyl groups excluding tert-OH is 1. The van der Waals surface area contributed by atoms with Crippen molar-refractivity contribution >= 4 is 17.1 Å². The van der Waals surface area contributed by atoms with Crippen molar-refractivity contribution in [3.05, 3.63) is 24.2 Å². The number of fused-ring (bicyclic) bond motifs is 1. The average Bonchev–Trinajstić information content (AvgIpc) is 2.79. The van der Waals surface area contributed by atoms with Crippen LogP contribution in [0, 0.1) is 0 Å². The third-order valence-corrected chi connectivity index (χ3v) is 3.05. The number of hydrogen-bond acceptors (Lipinski definition) is 4. The number of rotatable bonds is 5. The van der Waals surface area contributed by atoms with E-state index >= 15 is 0 Å². The highest BCUT2D eigenvalue weighted by Gasteiger charge is 2.09. The van der Waals surface area contributed by atoms with Gasteiger partial charge in [0.2, 0.25) is 0 Å². The van der Waals surface area contributed by atoms with Gasteiger partial charge in [0, 0.05) is 19.8 Å². The number of carbonyl (C=O) groups excluding carboxylic acids is 1. The fraction of sp³-hybridized carbons (Fsp3) is 0.462. The smallest absolute Gasteiger partial charge is 0.252 e. The first-order valence-electron chi connectivity index (χ1n) is 6.35. The number of aromatic nitrogens is 3. The van der Waals surface area contributed by atoms with Gasteiger partial charge in [-0.1, -0.05) is 6.92 Å². The zero-order chi connectivity index (χ0) is 13.8. The van der Waals surface area contributed by atoms with E-state index in [1.807, 2.05) is 14.0 Å². The zero-order valence-corrected chi connectivity index (χ0v) is 11.1. The summed E-state index contributed by atoms with van der Waals surface area (Å²) in [6.45, 7) is 2.36. The Morgan fingerprint density at radius 2 is 2.32 bits per heavy atom. The van der Waals surface area contributed by atoms with Gasteiger partial charge < -0.3 is 15.0 Å². The molecular weight excluding hydrogens is 244 g/mol. The lowest BCUT2D eigenvalue weighted by molar-refractivity contribution is 0.0941. The van der Waals surface area contributed by atoms with Crippen molar-refractivity contribution in [2.24, 2.45) is 7.05 Å². The highest BCUT2D eigenvalue weighted by Crippen LogP contribution is 2.10. The molecule has 102 valence electrons. The molecule has 0 bridgehead atoms. The second-order valence-corrected chi connectivity index (χ2v) is 4.53. The van der Waals surface area contributed by atoms with Crippen LogP contribution in [0.1, 0.15) is 30.1 Å². The van der Waals surface area contributed by atoms with Gasteiger partial charge >= 0.3 is 0 Å². The highest BCUT2D eigenvalue weighted by molar-refractivity contribution is 5.96. The number of imidazole rings is 1. The summed E-state index contributed by atoms with van der Waals surface area (Å²) in [6.07, 6.45) is 4.09. The molecule has 2 N–H and O–H groups in total. The number of nitrogens with one attached hydrogen (secondary N) is 1. The number of aliphatic hydroxyl groups is 1. The summed E-state index contributed by atoms with van der Waals surface area (Å²) in [6, 6.07) is 1.72. The summed E-state index contributed by atoms with van der Waals surface area (Å²) in [4.78, 5) is 20.3. The standard InChI is InChI=1S/C13H18N4O2/c1-3-10(18)4-5-14-13(19)9-6-11-12(15-7-9)17(2)8-16-11/h6-8,10,18H,3-5H2,1-2H3,(H,14,19). The van der Waals surface area contributed by atoms with Crippen LogP contribution in [0.3, 0.4) is 0 Å². The lowest BCUT2D eigenvalue weighted by atomic mass is 10.2. The Morgan fingerprint density at radius 3 is 3.05 bits per heavy atom. The van der Waals surface area contributed by atoms with Gasteiger partial charge in [0.05, 0.1) is 18.0 Å². The van der Waals surface area contributed by atoms with Crippen molar-refractivity contribution in [1.82, 2.24) is 19.9 Å². The SMILES string of the molecule is CCC(O)CCNC(=O)c1cnc2c(c1)ncn2C. The van der Waals surface area contributed by atoms with E-state index in [-0.39, 0.29) is 12.0 Å². The first-order valence-corrected chi connectivity index (χ1v) is 6.35. The first kappa shape index (κ1) is 13.5. The Labute approximate surface area is 111 Å². The van der Waals surface area contributed by atoms with Gasteiger partial charge in [-0.3, -0.25) is 4.79 Å². The van der Waals surface area contributed by atoms with Gasteiger partial charge in [-0.05, 0) is 18.9 Å². The van der Waals surface area contributed by atoms with Crippen molar-refractivity contribution in [3.63, 3.8) is 0 Å². The molecule has 0 saturated carbocycles. The van der Waals surface area contributed by atoms with Crippen LogP contribution in [0.4, 0.5) is 0 Å². The van der Waals surface area contributed by atoms with Crippen molar-refractivity contribution in [1.29, 1.82) is 0 Å². The molecule has 1 amide bonds. The Hall–Kier alpha value is -1.95. The topological polar surface area (TPSA) is 80.0 Å². The largest absolute Gasteiger partial charge is 0.393 e. The maximum atomic E-state index is 11.9. The third-order valence-electron chi connectivity index (χ3n) is 3.05. The van der Waals surface area contributed by atoms with Crippen LogP contribution in [0.25, 0.3) is 11.2 Å². The summed E-state index contributed by atoms with van der Waals surface area (Å²) in [5, 5.41) is 12.2. The molecule has 0 aliphatic rings. The monoisotopic (exact) mass is 262 g/mol. The molecule has 2 aromatic rings. The van der Waals surface area contributed by atoms with Crippen LogP contribution in [-0.4, -0.2) is 38.2 Å². The summed E-state index contributed by atoms with van der Waals surface area (Å²) in [5.41, 5.74) is 1.93. The Morgan fingerprint density at radius 1 is 1.53 bits per heavy atom. The van der Waals surface area contributed by atoms with Crippen molar-refractivity contribution in [2.45, 2.75) is 25.9 Å². The third kappa shape index (κ3) is 3.08. The lowest BCUT2D eigenvalue weighted by Crippen LogP contribution is -2.27. The van der Waals surface area contributed by atoms with E-state index in [0.717, 1.165) is 5.65 Å². The molecule has 2 heterocycles. The molecule has 0 fully saturated rings. The van der Waals surface area contributed by atoms with Gasteiger partial charge in [-0.15, -0.1) is 0 Å². The summed E-state index contributed by atoms with van der Waals surface area (Å²) < 4.78 is 1.80. The van der Waals surface area contributed by atoms with Crippen LogP contribution in [0.2, 0.25) is 0 Å². The number of carbonyl (C=O) groups is 1. The van der Waals surface area contributed by atoms with Crippen LogP contribution in [-0.2, 0) is 7.05 Å². The van der Waals surface area contributed by atoms with Crippen molar-refractivity contribution in [2.75, 3.05) is 6.54 Å². The highest BCUT2D eigenvalue weighted by atomic mass is 16.3. The molecule has 2 aromatic heterocycles. The fourth-order valence-electron chi connectivity index (χ4n) is 1.80. The molecular formula is C13H18N4O2. The van der Waals surface area contributed by atoms with Crippen LogP contribution in [0.15, 0.2) is 18.6 Å². The van der Waals surface area contributed by atoms with E-state index in [9.17, 15) is 9.90 Å². The maximum Gasteiger partial charge on any atom is 0.252 e. The number of aryl methyl sites for hydroxylation is 1. The predicted octanol–water partition coefficient (Wildman–Crippen LogP) is 0.859. The molecule has 1 atom stereocenters. The van der Waals surface area contributed by atoms with E-state index in [2.05, 4.69) is 15.3 Å². The maximum absolute atomic E-state index is 11.9. The molecule has 2 rings (SSSR count). The lowest BCUT2D eigenvalue weighted by Gasteiger charge is -2.08. The van der Waals surface area contributed by atoms with E-state index in [4.69, 9.17) is 0 Å². The number of pyridine rings is 1. The zero-order valence-electron chi connectivity index (χ0n) is 11.1. The normalized spacial score (nSPS) is 12.6. The molecule has 0 aliphatic carbocycles.